The van der Waals surface area contributed by atoms with E-state index in [1.807, 2.05) is 0 Å². The van der Waals surface area contributed by atoms with E-state index >= 15 is 0 Å². The second-order valence-corrected chi connectivity index (χ2v) is 5.94. The zero-order chi connectivity index (χ0) is 12.1. The van der Waals surface area contributed by atoms with Crippen LogP contribution in [0.15, 0.2) is 0 Å². The highest BCUT2D eigenvalue weighted by molar-refractivity contribution is 5.09. The van der Waals surface area contributed by atoms with Gasteiger partial charge >= 0.3 is 0 Å². The molecule has 2 atom stereocenters. The Morgan fingerprint density at radius 2 is 1.94 bits per heavy atom. The Hall–Kier alpha value is -0.0800. The summed E-state index contributed by atoms with van der Waals surface area (Å²) in [6.45, 7) is 3.25. The zero-order valence-corrected chi connectivity index (χ0v) is 11.6. The molecule has 2 heteroatoms. The normalized spacial score (nSPS) is 30.7. The lowest BCUT2D eigenvalue weighted by molar-refractivity contribution is -0.132. The summed E-state index contributed by atoms with van der Waals surface area (Å²) in [7, 11) is 2.11. The van der Waals surface area contributed by atoms with Gasteiger partial charge in [-0.2, -0.15) is 0 Å². The van der Waals surface area contributed by atoms with E-state index in [1.165, 1.54) is 57.8 Å². The van der Waals surface area contributed by atoms with E-state index in [9.17, 15) is 0 Å². The third-order valence-electron chi connectivity index (χ3n) is 4.98. The average molecular weight is 239 g/mol. The van der Waals surface area contributed by atoms with Crippen molar-refractivity contribution in [3.8, 4) is 0 Å². The number of rotatable bonds is 7. The Morgan fingerprint density at radius 1 is 1.18 bits per heavy atom. The topological polar surface area (TPSA) is 21.3 Å². The molecule has 1 N–H and O–H groups in total. The van der Waals surface area contributed by atoms with Gasteiger partial charge in [0.25, 0.3) is 0 Å². The van der Waals surface area contributed by atoms with Gasteiger partial charge in [0, 0.05) is 18.1 Å². The Labute approximate surface area is 107 Å². The monoisotopic (exact) mass is 239 g/mol. The first-order valence-electron chi connectivity index (χ1n) is 7.62. The van der Waals surface area contributed by atoms with Crippen LogP contribution in [-0.4, -0.2) is 25.8 Å². The van der Waals surface area contributed by atoms with Gasteiger partial charge in [0.2, 0.25) is 0 Å². The fourth-order valence-corrected chi connectivity index (χ4v) is 3.84. The van der Waals surface area contributed by atoms with E-state index in [4.69, 9.17) is 4.74 Å². The van der Waals surface area contributed by atoms with Crippen LogP contribution in [0.5, 0.6) is 0 Å². The van der Waals surface area contributed by atoms with Crippen molar-refractivity contribution < 1.29 is 4.74 Å². The SMILES string of the molecule is CCCCCCOC1CC(NC)C12CCCC2. The van der Waals surface area contributed by atoms with Gasteiger partial charge in [-0.3, -0.25) is 0 Å². The number of hydrogen-bond donors (Lipinski definition) is 1. The first kappa shape index (κ1) is 13.4. The lowest BCUT2D eigenvalue weighted by Gasteiger charge is -2.54. The molecule has 2 saturated carbocycles. The predicted octanol–water partition coefficient (Wildman–Crippen LogP) is 3.50. The molecular formula is C15H29NO. The van der Waals surface area contributed by atoms with Crippen LogP contribution < -0.4 is 5.32 Å². The molecule has 0 amide bonds. The zero-order valence-electron chi connectivity index (χ0n) is 11.6. The van der Waals surface area contributed by atoms with Gasteiger partial charge in [-0.25, -0.2) is 0 Å². The summed E-state index contributed by atoms with van der Waals surface area (Å²) in [5, 5.41) is 3.49. The van der Waals surface area contributed by atoms with Crippen molar-refractivity contribution in [2.75, 3.05) is 13.7 Å². The molecule has 0 aromatic carbocycles. The molecular weight excluding hydrogens is 210 g/mol. The predicted molar refractivity (Wildman–Crippen MR) is 72.2 cm³/mol. The highest BCUT2D eigenvalue weighted by atomic mass is 16.5. The first-order valence-corrected chi connectivity index (χ1v) is 7.62. The molecule has 2 unspecified atom stereocenters. The standard InChI is InChI=1S/C15H29NO/c1-3-4-5-8-11-17-14-12-13(16-2)15(14)9-6-7-10-15/h13-14,16H,3-12H2,1-2H3. The average Bonchev–Trinajstić information content (AvgIpc) is 2.84. The van der Waals surface area contributed by atoms with Gasteiger partial charge in [0.05, 0.1) is 6.10 Å². The summed E-state index contributed by atoms with van der Waals surface area (Å²) in [6.07, 6.45) is 12.7. The van der Waals surface area contributed by atoms with E-state index in [0.717, 1.165) is 12.6 Å². The number of hydrogen-bond acceptors (Lipinski definition) is 2. The van der Waals surface area contributed by atoms with E-state index in [2.05, 4.69) is 19.3 Å². The maximum Gasteiger partial charge on any atom is 0.0661 e. The summed E-state index contributed by atoms with van der Waals surface area (Å²) < 4.78 is 6.15. The van der Waals surface area contributed by atoms with Crippen LogP contribution in [0.1, 0.15) is 64.7 Å². The van der Waals surface area contributed by atoms with Gasteiger partial charge in [-0.15, -0.1) is 0 Å². The summed E-state index contributed by atoms with van der Waals surface area (Å²) in [6, 6.07) is 0.727. The van der Waals surface area contributed by atoms with E-state index in [1.54, 1.807) is 0 Å². The van der Waals surface area contributed by atoms with Crippen molar-refractivity contribution in [2.45, 2.75) is 76.9 Å². The minimum Gasteiger partial charge on any atom is -0.378 e. The molecule has 2 rings (SSSR count). The molecule has 0 bridgehead atoms. The van der Waals surface area contributed by atoms with Crippen LogP contribution in [0.3, 0.4) is 0 Å². The molecule has 0 aliphatic heterocycles. The van der Waals surface area contributed by atoms with E-state index < -0.39 is 0 Å². The first-order chi connectivity index (χ1) is 8.33. The minimum absolute atomic E-state index is 0.513. The molecule has 2 aliphatic carbocycles. The van der Waals surface area contributed by atoms with Crippen molar-refractivity contribution in [3.63, 3.8) is 0 Å². The van der Waals surface area contributed by atoms with Crippen molar-refractivity contribution in [1.82, 2.24) is 5.32 Å². The molecule has 2 aliphatic rings. The molecule has 0 saturated heterocycles. The van der Waals surface area contributed by atoms with E-state index in [-0.39, 0.29) is 0 Å². The van der Waals surface area contributed by atoms with Gasteiger partial charge in [-0.1, -0.05) is 39.0 Å². The molecule has 0 radical (unpaired) electrons. The van der Waals surface area contributed by atoms with Crippen molar-refractivity contribution >= 4 is 0 Å². The third-order valence-corrected chi connectivity index (χ3v) is 4.98. The Balaban J connectivity index is 1.71. The Bertz CT molecular complexity index is 223. The fourth-order valence-electron chi connectivity index (χ4n) is 3.84. The molecule has 0 heterocycles. The smallest absolute Gasteiger partial charge is 0.0661 e. The van der Waals surface area contributed by atoms with Gasteiger partial charge < -0.3 is 10.1 Å². The summed E-state index contributed by atoms with van der Waals surface area (Å²) in [4.78, 5) is 0. The molecule has 2 fully saturated rings. The minimum atomic E-state index is 0.513. The second-order valence-electron chi connectivity index (χ2n) is 5.94. The lowest BCUT2D eigenvalue weighted by atomic mass is 9.60. The molecule has 2 nitrogen and oxygen atoms in total. The number of ether oxygens (including phenoxy) is 1. The molecule has 0 aromatic heterocycles. The number of nitrogens with one attached hydrogen (secondary N) is 1. The van der Waals surface area contributed by atoms with Crippen LogP contribution >= 0.6 is 0 Å². The Morgan fingerprint density at radius 3 is 2.59 bits per heavy atom. The van der Waals surface area contributed by atoms with Crippen LogP contribution in [0.4, 0.5) is 0 Å². The molecule has 100 valence electrons. The largest absolute Gasteiger partial charge is 0.378 e. The molecule has 0 aromatic rings. The molecule has 17 heavy (non-hydrogen) atoms. The van der Waals surface area contributed by atoms with Crippen LogP contribution in [0, 0.1) is 5.41 Å². The van der Waals surface area contributed by atoms with Gasteiger partial charge in [-0.05, 0) is 32.7 Å². The maximum atomic E-state index is 6.15. The van der Waals surface area contributed by atoms with E-state index in [0.29, 0.717) is 11.5 Å². The summed E-state index contributed by atoms with van der Waals surface area (Å²) in [5.41, 5.74) is 0.513. The second kappa shape index (κ2) is 6.19. The van der Waals surface area contributed by atoms with Gasteiger partial charge in [0.1, 0.15) is 0 Å². The van der Waals surface area contributed by atoms with Crippen LogP contribution in [0.25, 0.3) is 0 Å². The summed E-state index contributed by atoms with van der Waals surface area (Å²) >= 11 is 0. The third kappa shape index (κ3) is 2.68. The van der Waals surface area contributed by atoms with Crippen molar-refractivity contribution in [1.29, 1.82) is 0 Å². The molecule has 1 spiro atoms. The fraction of sp³-hybridized carbons (Fsp3) is 1.00. The summed E-state index contributed by atoms with van der Waals surface area (Å²) in [5.74, 6) is 0. The maximum absolute atomic E-state index is 6.15. The lowest BCUT2D eigenvalue weighted by Crippen LogP contribution is -2.61. The van der Waals surface area contributed by atoms with Crippen LogP contribution in [0.2, 0.25) is 0 Å². The highest BCUT2D eigenvalue weighted by Crippen LogP contribution is 2.54. The number of unbranched alkanes of at least 4 members (excludes halogenated alkanes) is 3. The van der Waals surface area contributed by atoms with Gasteiger partial charge in [0.15, 0.2) is 0 Å². The quantitative estimate of drug-likeness (QED) is 0.687. The Kier molecular flexibility index (Phi) is 4.87. The highest BCUT2D eigenvalue weighted by Gasteiger charge is 2.55. The van der Waals surface area contributed by atoms with Crippen molar-refractivity contribution in [2.24, 2.45) is 5.41 Å². The van der Waals surface area contributed by atoms with Crippen molar-refractivity contribution in [3.05, 3.63) is 0 Å². The van der Waals surface area contributed by atoms with Crippen LogP contribution in [-0.2, 0) is 4.74 Å².